The lowest BCUT2D eigenvalue weighted by Gasteiger charge is -1.98. The maximum absolute atomic E-state index is 10.9. The molecule has 1 rings (SSSR count). The molecular formula is C11H15NO. The Balaban J connectivity index is 2.40. The molecule has 0 unspecified atom stereocenters. The zero-order chi connectivity index (χ0) is 9.52. The summed E-state index contributed by atoms with van der Waals surface area (Å²) in [6.07, 6.45) is 12.7. The summed E-state index contributed by atoms with van der Waals surface area (Å²) in [5.74, 6) is 0.127. The van der Waals surface area contributed by atoms with Crippen molar-refractivity contribution in [1.29, 1.82) is 0 Å². The SMILES string of the molecule is NCC(=O)CCC1=CC=CCC=C1. The van der Waals surface area contributed by atoms with Gasteiger partial charge in [-0.05, 0) is 18.4 Å². The number of hydrogen-bond donors (Lipinski definition) is 1. The van der Waals surface area contributed by atoms with Crippen molar-refractivity contribution in [2.24, 2.45) is 5.73 Å². The van der Waals surface area contributed by atoms with E-state index < -0.39 is 0 Å². The van der Waals surface area contributed by atoms with Gasteiger partial charge in [-0.1, -0.05) is 30.4 Å². The molecular weight excluding hydrogens is 162 g/mol. The van der Waals surface area contributed by atoms with E-state index in [-0.39, 0.29) is 12.3 Å². The fourth-order valence-electron chi connectivity index (χ4n) is 1.18. The van der Waals surface area contributed by atoms with E-state index in [1.54, 1.807) is 0 Å². The third-order valence-electron chi connectivity index (χ3n) is 1.97. The number of carbonyl (C=O) groups is 1. The summed E-state index contributed by atoms with van der Waals surface area (Å²) in [6.45, 7) is 0.160. The van der Waals surface area contributed by atoms with Crippen molar-refractivity contribution in [3.63, 3.8) is 0 Å². The molecule has 0 aromatic heterocycles. The van der Waals surface area contributed by atoms with Crippen LogP contribution in [0.3, 0.4) is 0 Å². The molecule has 0 spiro atoms. The van der Waals surface area contributed by atoms with Crippen LogP contribution < -0.4 is 5.73 Å². The first-order valence-electron chi connectivity index (χ1n) is 4.57. The molecule has 0 heterocycles. The molecule has 0 aliphatic heterocycles. The topological polar surface area (TPSA) is 43.1 Å². The Hall–Kier alpha value is -1.15. The van der Waals surface area contributed by atoms with Crippen molar-refractivity contribution in [3.8, 4) is 0 Å². The minimum absolute atomic E-state index is 0.127. The van der Waals surface area contributed by atoms with Crippen LogP contribution in [0.25, 0.3) is 0 Å². The molecule has 70 valence electrons. The summed E-state index contributed by atoms with van der Waals surface area (Å²) in [4.78, 5) is 10.9. The Morgan fingerprint density at radius 2 is 2.31 bits per heavy atom. The third kappa shape index (κ3) is 3.85. The summed E-state index contributed by atoms with van der Waals surface area (Å²) in [5, 5.41) is 0. The van der Waals surface area contributed by atoms with Crippen molar-refractivity contribution in [2.75, 3.05) is 6.54 Å². The highest BCUT2D eigenvalue weighted by molar-refractivity contribution is 5.80. The predicted octanol–water partition coefficient (Wildman–Crippen LogP) is 1.74. The number of hydrogen-bond acceptors (Lipinski definition) is 2. The summed E-state index contributed by atoms with van der Waals surface area (Å²) in [5.41, 5.74) is 6.42. The van der Waals surface area contributed by atoms with Crippen molar-refractivity contribution >= 4 is 5.78 Å². The second-order valence-electron chi connectivity index (χ2n) is 3.05. The van der Waals surface area contributed by atoms with Crippen molar-refractivity contribution < 1.29 is 4.79 Å². The highest BCUT2D eigenvalue weighted by Gasteiger charge is 2.00. The molecule has 0 fully saturated rings. The number of allylic oxidation sites excluding steroid dienone is 6. The molecule has 0 radical (unpaired) electrons. The lowest BCUT2D eigenvalue weighted by atomic mass is 10.1. The van der Waals surface area contributed by atoms with Crippen molar-refractivity contribution in [1.82, 2.24) is 0 Å². The van der Waals surface area contributed by atoms with Gasteiger partial charge in [0.2, 0.25) is 0 Å². The number of Topliss-reactive ketones (excluding diaryl/α,β-unsaturated/α-hetero) is 1. The molecule has 0 atom stereocenters. The molecule has 0 amide bonds. The Kier molecular flexibility index (Phi) is 4.19. The largest absolute Gasteiger partial charge is 0.324 e. The molecule has 0 aromatic rings. The van der Waals surface area contributed by atoms with Gasteiger partial charge in [-0.25, -0.2) is 0 Å². The van der Waals surface area contributed by atoms with E-state index in [4.69, 9.17) is 5.73 Å². The smallest absolute Gasteiger partial charge is 0.146 e. The number of ketones is 1. The van der Waals surface area contributed by atoms with Crippen LogP contribution in [0.1, 0.15) is 19.3 Å². The van der Waals surface area contributed by atoms with Crippen molar-refractivity contribution in [3.05, 3.63) is 36.0 Å². The Morgan fingerprint density at radius 1 is 1.46 bits per heavy atom. The molecule has 1 aliphatic carbocycles. The summed E-state index contributed by atoms with van der Waals surface area (Å²) in [7, 11) is 0. The predicted molar refractivity (Wildman–Crippen MR) is 54.3 cm³/mol. The maximum Gasteiger partial charge on any atom is 0.146 e. The monoisotopic (exact) mass is 177 g/mol. The third-order valence-corrected chi connectivity index (χ3v) is 1.97. The highest BCUT2D eigenvalue weighted by atomic mass is 16.1. The second kappa shape index (κ2) is 5.49. The van der Waals surface area contributed by atoms with Gasteiger partial charge in [0, 0.05) is 6.42 Å². The van der Waals surface area contributed by atoms with Crippen LogP contribution in [-0.2, 0) is 4.79 Å². The zero-order valence-electron chi connectivity index (χ0n) is 7.70. The van der Waals surface area contributed by atoms with Gasteiger partial charge in [0.15, 0.2) is 0 Å². The van der Waals surface area contributed by atoms with E-state index >= 15 is 0 Å². The lowest BCUT2D eigenvalue weighted by molar-refractivity contribution is -0.117. The molecule has 1 aliphatic rings. The van der Waals surface area contributed by atoms with E-state index in [0.717, 1.165) is 12.8 Å². The second-order valence-corrected chi connectivity index (χ2v) is 3.05. The van der Waals surface area contributed by atoms with E-state index in [2.05, 4.69) is 18.2 Å². The van der Waals surface area contributed by atoms with Crippen LogP contribution in [0.5, 0.6) is 0 Å². The first-order valence-corrected chi connectivity index (χ1v) is 4.57. The maximum atomic E-state index is 10.9. The van der Waals surface area contributed by atoms with Gasteiger partial charge < -0.3 is 5.73 Å². The summed E-state index contributed by atoms with van der Waals surface area (Å²) >= 11 is 0. The van der Waals surface area contributed by atoms with Gasteiger partial charge in [-0.15, -0.1) is 0 Å². The molecule has 0 saturated heterocycles. The van der Waals surface area contributed by atoms with Gasteiger partial charge >= 0.3 is 0 Å². The molecule has 0 aromatic carbocycles. The van der Waals surface area contributed by atoms with Gasteiger partial charge in [-0.3, -0.25) is 4.79 Å². The van der Waals surface area contributed by atoms with E-state index in [1.165, 1.54) is 5.57 Å². The molecule has 0 saturated carbocycles. The average molecular weight is 177 g/mol. The molecule has 2 N–H and O–H groups in total. The van der Waals surface area contributed by atoms with Gasteiger partial charge in [-0.2, -0.15) is 0 Å². The van der Waals surface area contributed by atoms with E-state index in [1.807, 2.05) is 12.2 Å². The minimum Gasteiger partial charge on any atom is -0.324 e. The quantitative estimate of drug-likeness (QED) is 0.710. The molecule has 13 heavy (non-hydrogen) atoms. The fourth-order valence-corrected chi connectivity index (χ4v) is 1.18. The van der Waals surface area contributed by atoms with Crippen LogP contribution >= 0.6 is 0 Å². The molecule has 0 bridgehead atoms. The highest BCUT2D eigenvalue weighted by Crippen LogP contribution is 2.10. The Morgan fingerprint density at radius 3 is 3.08 bits per heavy atom. The average Bonchev–Trinajstić information content (AvgIpc) is 2.42. The first-order chi connectivity index (χ1) is 6.33. The normalized spacial score (nSPS) is 15.3. The van der Waals surface area contributed by atoms with Crippen molar-refractivity contribution in [2.45, 2.75) is 19.3 Å². The van der Waals surface area contributed by atoms with Crippen LogP contribution in [0.2, 0.25) is 0 Å². The molecule has 2 heteroatoms. The number of rotatable bonds is 4. The van der Waals surface area contributed by atoms with E-state index in [0.29, 0.717) is 6.42 Å². The number of carbonyl (C=O) groups excluding carboxylic acids is 1. The summed E-state index contributed by atoms with van der Waals surface area (Å²) in [6, 6.07) is 0. The Bertz CT molecular complexity index is 261. The Labute approximate surface area is 78.8 Å². The fraction of sp³-hybridized carbons (Fsp3) is 0.364. The molecule has 2 nitrogen and oxygen atoms in total. The number of nitrogens with two attached hydrogens (primary N) is 1. The van der Waals surface area contributed by atoms with Gasteiger partial charge in [0.05, 0.1) is 6.54 Å². The van der Waals surface area contributed by atoms with Gasteiger partial charge in [0.25, 0.3) is 0 Å². The van der Waals surface area contributed by atoms with Crippen LogP contribution in [0, 0.1) is 0 Å². The van der Waals surface area contributed by atoms with E-state index in [9.17, 15) is 4.79 Å². The minimum atomic E-state index is 0.127. The lowest BCUT2D eigenvalue weighted by Crippen LogP contribution is -2.12. The first kappa shape index (κ1) is 9.93. The summed E-state index contributed by atoms with van der Waals surface area (Å²) < 4.78 is 0. The standard InChI is InChI=1S/C11H15NO/c12-9-11(13)8-7-10-5-3-1-2-4-6-10/h1,3-6H,2,7-9,12H2. The van der Waals surface area contributed by atoms with Crippen LogP contribution in [0.4, 0.5) is 0 Å². The van der Waals surface area contributed by atoms with Crippen LogP contribution in [0.15, 0.2) is 36.0 Å². The van der Waals surface area contributed by atoms with Crippen LogP contribution in [-0.4, -0.2) is 12.3 Å². The zero-order valence-corrected chi connectivity index (χ0v) is 7.70. The van der Waals surface area contributed by atoms with Gasteiger partial charge in [0.1, 0.15) is 5.78 Å².